The summed E-state index contributed by atoms with van der Waals surface area (Å²) in [5.74, 6) is -0.222. The zero-order valence-electron chi connectivity index (χ0n) is 13.0. The lowest BCUT2D eigenvalue weighted by molar-refractivity contribution is -0.137. The molecule has 0 spiro atoms. The molecule has 0 radical (unpaired) electrons. The van der Waals surface area contributed by atoms with E-state index in [0.717, 1.165) is 5.56 Å². The summed E-state index contributed by atoms with van der Waals surface area (Å²) in [6.07, 6.45) is 2.49. The number of nitrogens with zero attached hydrogens (tertiary/aromatic N) is 4. The normalized spacial score (nSPS) is 18.0. The third kappa shape index (κ3) is 3.74. The van der Waals surface area contributed by atoms with Gasteiger partial charge in [-0.05, 0) is 12.0 Å². The summed E-state index contributed by atoms with van der Waals surface area (Å²) in [6.45, 7) is 1.20. The van der Waals surface area contributed by atoms with Crippen molar-refractivity contribution >= 4 is 17.8 Å². The third-order valence-corrected chi connectivity index (χ3v) is 3.99. The monoisotopic (exact) mass is 313 g/mol. The highest BCUT2D eigenvalue weighted by molar-refractivity contribution is 5.94. The Morgan fingerprint density at radius 2 is 2.13 bits per heavy atom. The Morgan fingerprint density at radius 1 is 1.35 bits per heavy atom. The van der Waals surface area contributed by atoms with Crippen molar-refractivity contribution in [1.29, 1.82) is 0 Å². The number of piperidine rings is 1. The van der Waals surface area contributed by atoms with Crippen LogP contribution in [0.1, 0.15) is 18.4 Å². The number of aromatic nitrogens is 3. The second-order valence-electron chi connectivity index (χ2n) is 5.75. The molecule has 2 aromatic rings. The van der Waals surface area contributed by atoms with Gasteiger partial charge in [-0.15, -0.1) is 5.10 Å². The molecule has 2 heterocycles. The van der Waals surface area contributed by atoms with Gasteiger partial charge in [-0.3, -0.25) is 14.9 Å². The first kappa shape index (κ1) is 15.2. The van der Waals surface area contributed by atoms with Crippen LogP contribution in [0.15, 0.2) is 36.7 Å². The first-order valence-electron chi connectivity index (χ1n) is 7.60. The molecule has 7 nitrogen and oxygen atoms in total. The van der Waals surface area contributed by atoms with Crippen molar-refractivity contribution in [3.8, 4) is 0 Å². The average Bonchev–Trinajstić information content (AvgIpc) is 2.98. The molecule has 0 aliphatic carbocycles. The molecule has 1 aromatic heterocycles. The van der Waals surface area contributed by atoms with Crippen LogP contribution >= 0.6 is 0 Å². The molecule has 1 aliphatic heterocycles. The van der Waals surface area contributed by atoms with Crippen LogP contribution in [0.3, 0.4) is 0 Å². The molecule has 7 heteroatoms. The third-order valence-electron chi connectivity index (χ3n) is 3.99. The molecule has 120 valence electrons. The van der Waals surface area contributed by atoms with Crippen LogP contribution in [0.4, 0.5) is 5.95 Å². The highest BCUT2D eigenvalue weighted by Crippen LogP contribution is 2.18. The number of hydrogen-bond donors (Lipinski definition) is 1. The molecule has 2 amide bonds. The van der Waals surface area contributed by atoms with Crippen LogP contribution in [0.2, 0.25) is 0 Å². The predicted octanol–water partition coefficient (Wildman–Crippen LogP) is 1.13. The second kappa shape index (κ2) is 6.60. The Balaban J connectivity index is 1.58. The summed E-state index contributed by atoms with van der Waals surface area (Å²) >= 11 is 0. The zero-order valence-corrected chi connectivity index (χ0v) is 13.0. The smallest absolute Gasteiger partial charge is 0.248 e. The fraction of sp³-hybridized carbons (Fsp3) is 0.375. The minimum atomic E-state index is -0.306. The molecular formula is C16H19N5O2. The second-order valence-corrected chi connectivity index (χ2v) is 5.75. The number of amides is 2. The Hall–Kier alpha value is -2.70. The summed E-state index contributed by atoms with van der Waals surface area (Å²) in [7, 11) is 1.75. The SMILES string of the molecule is CN1CC[C@H](C(=O)Nc2ncn(Cc3ccccc3)n2)CC1=O. The molecule has 0 saturated carbocycles. The molecule has 0 bridgehead atoms. The van der Waals surface area contributed by atoms with Gasteiger partial charge in [0.25, 0.3) is 0 Å². The van der Waals surface area contributed by atoms with Crippen molar-refractivity contribution in [2.24, 2.45) is 5.92 Å². The largest absolute Gasteiger partial charge is 0.346 e. The predicted molar refractivity (Wildman–Crippen MR) is 84.6 cm³/mol. The van der Waals surface area contributed by atoms with E-state index in [0.29, 0.717) is 19.5 Å². The molecule has 1 atom stereocenters. The van der Waals surface area contributed by atoms with Crippen molar-refractivity contribution in [1.82, 2.24) is 19.7 Å². The molecule has 1 aliphatic rings. The number of hydrogen-bond acceptors (Lipinski definition) is 4. The van der Waals surface area contributed by atoms with Gasteiger partial charge < -0.3 is 4.90 Å². The van der Waals surface area contributed by atoms with E-state index in [2.05, 4.69) is 15.4 Å². The van der Waals surface area contributed by atoms with E-state index in [4.69, 9.17) is 0 Å². The minimum Gasteiger partial charge on any atom is -0.346 e. The number of nitrogens with one attached hydrogen (secondary N) is 1. The van der Waals surface area contributed by atoms with Gasteiger partial charge in [0.2, 0.25) is 17.8 Å². The Labute approximate surface area is 134 Å². The van der Waals surface area contributed by atoms with E-state index in [1.165, 1.54) is 0 Å². The zero-order chi connectivity index (χ0) is 16.2. The lowest BCUT2D eigenvalue weighted by atomic mass is 9.96. The van der Waals surface area contributed by atoms with Crippen LogP contribution in [-0.4, -0.2) is 45.1 Å². The molecule has 23 heavy (non-hydrogen) atoms. The average molecular weight is 313 g/mol. The van der Waals surface area contributed by atoms with Gasteiger partial charge in [-0.2, -0.15) is 0 Å². The standard InChI is InChI=1S/C16H19N5O2/c1-20-8-7-13(9-14(20)22)15(23)18-16-17-11-21(19-16)10-12-5-3-2-4-6-12/h2-6,11,13H,7-10H2,1H3,(H,18,19,23)/t13-/m0/s1. The van der Waals surface area contributed by atoms with E-state index in [9.17, 15) is 9.59 Å². The Kier molecular flexibility index (Phi) is 4.36. The van der Waals surface area contributed by atoms with Crippen molar-refractivity contribution < 1.29 is 9.59 Å². The number of likely N-dealkylation sites (tertiary alicyclic amines) is 1. The quantitative estimate of drug-likeness (QED) is 0.917. The van der Waals surface area contributed by atoms with Crippen LogP contribution in [-0.2, 0) is 16.1 Å². The number of carbonyl (C=O) groups excluding carboxylic acids is 2. The van der Waals surface area contributed by atoms with Crippen LogP contribution in [0.25, 0.3) is 0 Å². The maximum atomic E-state index is 12.2. The van der Waals surface area contributed by atoms with Gasteiger partial charge in [-0.1, -0.05) is 30.3 Å². The van der Waals surface area contributed by atoms with Crippen LogP contribution in [0, 0.1) is 5.92 Å². The molecule has 1 fully saturated rings. The first-order valence-corrected chi connectivity index (χ1v) is 7.60. The topological polar surface area (TPSA) is 80.1 Å². The summed E-state index contributed by atoms with van der Waals surface area (Å²) in [5.41, 5.74) is 1.11. The number of benzene rings is 1. The van der Waals surface area contributed by atoms with Gasteiger partial charge in [0.05, 0.1) is 6.54 Å². The lowest BCUT2D eigenvalue weighted by Crippen LogP contribution is -2.40. The van der Waals surface area contributed by atoms with Gasteiger partial charge in [0.15, 0.2) is 0 Å². The van der Waals surface area contributed by atoms with Gasteiger partial charge >= 0.3 is 0 Å². The van der Waals surface area contributed by atoms with E-state index in [1.807, 2.05) is 30.3 Å². The van der Waals surface area contributed by atoms with Crippen molar-refractivity contribution in [3.05, 3.63) is 42.2 Å². The maximum Gasteiger partial charge on any atom is 0.248 e. The molecule has 3 rings (SSSR count). The van der Waals surface area contributed by atoms with Gasteiger partial charge in [-0.25, -0.2) is 9.67 Å². The highest BCUT2D eigenvalue weighted by atomic mass is 16.2. The van der Waals surface area contributed by atoms with Crippen molar-refractivity contribution in [3.63, 3.8) is 0 Å². The molecule has 1 N–H and O–H groups in total. The van der Waals surface area contributed by atoms with Crippen molar-refractivity contribution in [2.45, 2.75) is 19.4 Å². The summed E-state index contributed by atoms with van der Waals surface area (Å²) in [6, 6.07) is 9.89. The van der Waals surface area contributed by atoms with E-state index >= 15 is 0 Å². The lowest BCUT2D eigenvalue weighted by Gasteiger charge is -2.27. The van der Waals surface area contributed by atoms with E-state index in [-0.39, 0.29) is 30.1 Å². The summed E-state index contributed by atoms with van der Waals surface area (Å²) in [5, 5.41) is 6.95. The number of anilines is 1. The Morgan fingerprint density at radius 3 is 2.87 bits per heavy atom. The summed E-state index contributed by atoms with van der Waals surface area (Å²) < 4.78 is 1.67. The van der Waals surface area contributed by atoms with Gasteiger partial charge in [0, 0.05) is 25.9 Å². The fourth-order valence-corrected chi connectivity index (χ4v) is 2.58. The first-order chi connectivity index (χ1) is 11.1. The van der Waals surface area contributed by atoms with Crippen LogP contribution in [0.5, 0.6) is 0 Å². The van der Waals surface area contributed by atoms with Crippen molar-refractivity contribution in [2.75, 3.05) is 18.9 Å². The highest BCUT2D eigenvalue weighted by Gasteiger charge is 2.29. The molecule has 0 unspecified atom stereocenters. The number of rotatable bonds is 4. The molecule has 1 saturated heterocycles. The fourth-order valence-electron chi connectivity index (χ4n) is 2.58. The number of carbonyl (C=O) groups is 2. The van der Waals surface area contributed by atoms with Crippen LogP contribution < -0.4 is 5.32 Å². The molecular weight excluding hydrogens is 294 g/mol. The molecule has 1 aromatic carbocycles. The van der Waals surface area contributed by atoms with E-state index in [1.54, 1.807) is 23.0 Å². The maximum absolute atomic E-state index is 12.2. The Bertz CT molecular complexity index is 698. The summed E-state index contributed by atoms with van der Waals surface area (Å²) in [4.78, 5) is 29.7. The van der Waals surface area contributed by atoms with Gasteiger partial charge in [0.1, 0.15) is 6.33 Å². The minimum absolute atomic E-state index is 0.000957. The van der Waals surface area contributed by atoms with E-state index < -0.39 is 0 Å².